The standard InChI is InChI=1S/C14H14FN3S/c1-2-9-5-6-19-13(9)8-18-12-7-10(15)3-4-11(12)17-14(18)16/h3-7H,2,8H2,1H3,(H2,16,17). The number of thiophene rings is 1. The summed E-state index contributed by atoms with van der Waals surface area (Å²) in [6, 6.07) is 6.67. The number of fused-ring (bicyclic) bond motifs is 1. The van der Waals surface area contributed by atoms with Gasteiger partial charge < -0.3 is 10.3 Å². The molecule has 3 nitrogen and oxygen atoms in total. The zero-order chi connectivity index (χ0) is 13.4. The van der Waals surface area contributed by atoms with Gasteiger partial charge in [-0.2, -0.15) is 0 Å². The second-order valence-electron chi connectivity index (χ2n) is 4.41. The monoisotopic (exact) mass is 275 g/mol. The Hall–Kier alpha value is -1.88. The van der Waals surface area contributed by atoms with E-state index in [0.717, 1.165) is 17.5 Å². The first-order chi connectivity index (χ1) is 9.19. The highest BCUT2D eigenvalue weighted by molar-refractivity contribution is 7.10. The molecule has 0 aliphatic carbocycles. The molecule has 3 aromatic rings. The van der Waals surface area contributed by atoms with Crippen LogP contribution in [0, 0.1) is 5.82 Å². The number of hydrogen-bond donors (Lipinski definition) is 1. The average molecular weight is 275 g/mol. The molecule has 0 saturated heterocycles. The van der Waals surface area contributed by atoms with Crippen LogP contribution in [-0.4, -0.2) is 9.55 Å². The smallest absolute Gasteiger partial charge is 0.201 e. The van der Waals surface area contributed by atoms with Crippen LogP contribution in [0.25, 0.3) is 11.0 Å². The van der Waals surface area contributed by atoms with Crippen molar-refractivity contribution in [3.8, 4) is 0 Å². The van der Waals surface area contributed by atoms with Crippen LogP contribution in [0.5, 0.6) is 0 Å². The highest BCUT2D eigenvalue weighted by atomic mass is 32.1. The molecule has 0 saturated carbocycles. The zero-order valence-corrected chi connectivity index (χ0v) is 11.4. The van der Waals surface area contributed by atoms with Gasteiger partial charge in [0.1, 0.15) is 5.82 Å². The van der Waals surface area contributed by atoms with Crippen LogP contribution in [0.2, 0.25) is 0 Å². The van der Waals surface area contributed by atoms with Gasteiger partial charge in [0, 0.05) is 4.88 Å². The van der Waals surface area contributed by atoms with Gasteiger partial charge in [-0.25, -0.2) is 9.37 Å². The Morgan fingerprint density at radius 3 is 3.00 bits per heavy atom. The van der Waals surface area contributed by atoms with E-state index >= 15 is 0 Å². The molecule has 5 heteroatoms. The molecule has 0 radical (unpaired) electrons. The van der Waals surface area contributed by atoms with E-state index in [2.05, 4.69) is 23.4 Å². The molecule has 0 unspecified atom stereocenters. The van der Waals surface area contributed by atoms with Crippen molar-refractivity contribution in [3.63, 3.8) is 0 Å². The van der Waals surface area contributed by atoms with Crippen LogP contribution in [0.1, 0.15) is 17.4 Å². The second-order valence-corrected chi connectivity index (χ2v) is 5.41. The molecule has 0 aliphatic rings. The highest BCUT2D eigenvalue weighted by Gasteiger charge is 2.11. The molecule has 2 aromatic heterocycles. The van der Waals surface area contributed by atoms with Crippen molar-refractivity contribution in [1.29, 1.82) is 0 Å². The maximum atomic E-state index is 13.4. The third-order valence-electron chi connectivity index (χ3n) is 3.26. The fraction of sp³-hybridized carbons (Fsp3) is 0.214. The number of nitrogens with two attached hydrogens (primary N) is 1. The lowest BCUT2D eigenvalue weighted by atomic mass is 10.2. The molecule has 2 heterocycles. The summed E-state index contributed by atoms with van der Waals surface area (Å²) in [6.07, 6.45) is 0.986. The van der Waals surface area contributed by atoms with Gasteiger partial charge in [0.25, 0.3) is 0 Å². The fourth-order valence-electron chi connectivity index (χ4n) is 2.25. The number of rotatable bonds is 3. The van der Waals surface area contributed by atoms with Crippen molar-refractivity contribution in [3.05, 3.63) is 45.9 Å². The first-order valence-electron chi connectivity index (χ1n) is 6.15. The maximum Gasteiger partial charge on any atom is 0.201 e. The molecule has 0 aliphatic heterocycles. The van der Waals surface area contributed by atoms with Crippen molar-refractivity contribution >= 4 is 28.3 Å². The summed E-state index contributed by atoms with van der Waals surface area (Å²) in [5, 5.41) is 2.07. The van der Waals surface area contributed by atoms with Crippen LogP contribution in [0.3, 0.4) is 0 Å². The first-order valence-corrected chi connectivity index (χ1v) is 7.03. The number of aryl methyl sites for hydroxylation is 1. The van der Waals surface area contributed by atoms with Crippen molar-refractivity contribution in [1.82, 2.24) is 9.55 Å². The molecule has 0 spiro atoms. The molecule has 2 N–H and O–H groups in total. The van der Waals surface area contributed by atoms with Crippen LogP contribution in [0.4, 0.5) is 10.3 Å². The normalized spacial score (nSPS) is 11.3. The van der Waals surface area contributed by atoms with Crippen LogP contribution >= 0.6 is 11.3 Å². The average Bonchev–Trinajstić information content (AvgIpc) is 2.96. The molecule has 98 valence electrons. The third kappa shape index (κ3) is 2.10. The van der Waals surface area contributed by atoms with E-state index in [9.17, 15) is 4.39 Å². The van der Waals surface area contributed by atoms with E-state index in [1.165, 1.54) is 22.6 Å². The van der Waals surface area contributed by atoms with E-state index in [1.54, 1.807) is 17.4 Å². The molecular weight excluding hydrogens is 261 g/mol. The molecule has 0 atom stereocenters. The number of halogens is 1. The summed E-state index contributed by atoms with van der Waals surface area (Å²) in [6.45, 7) is 2.77. The summed E-state index contributed by atoms with van der Waals surface area (Å²) in [4.78, 5) is 5.52. The minimum absolute atomic E-state index is 0.268. The summed E-state index contributed by atoms with van der Waals surface area (Å²) in [5.41, 5.74) is 8.73. The van der Waals surface area contributed by atoms with Crippen LogP contribution in [0.15, 0.2) is 29.6 Å². The Labute approximate surface area is 114 Å². The minimum Gasteiger partial charge on any atom is -0.369 e. The van der Waals surface area contributed by atoms with Gasteiger partial charge in [0.15, 0.2) is 0 Å². The van der Waals surface area contributed by atoms with E-state index in [0.29, 0.717) is 12.5 Å². The van der Waals surface area contributed by atoms with E-state index in [-0.39, 0.29) is 5.82 Å². The number of imidazole rings is 1. The van der Waals surface area contributed by atoms with Gasteiger partial charge in [-0.1, -0.05) is 6.92 Å². The largest absolute Gasteiger partial charge is 0.369 e. The Morgan fingerprint density at radius 1 is 1.37 bits per heavy atom. The SMILES string of the molecule is CCc1ccsc1Cn1c(N)nc2ccc(F)cc21. The molecule has 0 fully saturated rings. The predicted molar refractivity (Wildman–Crippen MR) is 76.9 cm³/mol. The number of nitrogen functional groups attached to an aromatic ring is 1. The number of hydrogen-bond acceptors (Lipinski definition) is 3. The highest BCUT2D eigenvalue weighted by Crippen LogP contribution is 2.24. The van der Waals surface area contributed by atoms with E-state index in [4.69, 9.17) is 5.73 Å². The lowest BCUT2D eigenvalue weighted by molar-refractivity contribution is 0.628. The number of anilines is 1. The van der Waals surface area contributed by atoms with Crippen molar-refractivity contribution < 1.29 is 4.39 Å². The van der Waals surface area contributed by atoms with Gasteiger partial charge in [-0.15, -0.1) is 11.3 Å². The van der Waals surface area contributed by atoms with E-state index in [1.807, 2.05) is 4.57 Å². The molecular formula is C14H14FN3S. The Kier molecular flexibility index (Phi) is 2.98. The summed E-state index contributed by atoms with van der Waals surface area (Å²) < 4.78 is 15.2. The number of benzene rings is 1. The predicted octanol–water partition coefficient (Wildman–Crippen LogP) is 3.43. The first kappa shape index (κ1) is 12.2. The van der Waals surface area contributed by atoms with Crippen molar-refractivity contribution in [2.75, 3.05) is 5.73 Å². The van der Waals surface area contributed by atoms with E-state index < -0.39 is 0 Å². The molecule has 0 amide bonds. The topological polar surface area (TPSA) is 43.8 Å². The zero-order valence-electron chi connectivity index (χ0n) is 10.6. The lowest BCUT2D eigenvalue weighted by Crippen LogP contribution is -2.04. The van der Waals surface area contributed by atoms with Gasteiger partial charge in [-0.3, -0.25) is 0 Å². The third-order valence-corrected chi connectivity index (χ3v) is 4.21. The Balaban J connectivity index is 2.09. The molecule has 3 rings (SSSR count). The van der Waals surface area contributed by atoms with Crippen LogP contribution in [-0.2, 0) is 13.0 Å². The lowest BCUT2D eigenvalue weighted by Gasteiger charge is -2.06. The van der Waals surface area contributed by atoms with Crippen molar-refractivity contribution in [2.45, 2.75) is 19.9 Å². The quantitative estimate of drug-likeness (QED) is 0.796. The van der Waals surface area contributed by atoms with Gasteiger partial charge in [0.05, 0.1) is 17.6 Å². The van der Waals surface area contributed by atoms with Gasteiger partial charge in [-0.05, 0) is 41.6 Å². The number of aromatic nitrogens is 2. The van der Waals surface area contributed by atoms with Crippen molar-refractivity contribution in [2.24, 2.45) is 0 Å². The fourth-order valence-corrected chi connectivity index (χ4v) is 3.21. The van der Waals surface area contributed by atoms with Gasteiger partial charge >= 0.3 is 0 Å². The van der Waals surface area contributed by atoms with Gasteiger partial charge in [0.2, 0.25) is 5.95 Å². The number of nitrogens with zero attached hydrogens (tertiary/aromatic N) is 2. The second kappa shape index (κ2) is 4.66. The van der Waals surface area contributed by atoms with Crippen LogP contribution < -0.4 is 5.73 Å². The summed E-state index contributed by atoms with van der Waals surface area (Å²) in [5.74, 6) is 0.159. The summed E-state index contributed by atoms with van der Waals surface area (Å²) >= 11 is 1.70. The summed E-state index contributed by atoms with van der Waals surface area (Å²) in [7, 11) is 0. The maximum absolute atomic E-state index is 13.4. The molecule has 19 heavy (non-hydrogen) atoms. The minimum atomic E-state index is -0.268. The Morgan fingerprint density at radius 2 is 2.21 bits per heavy atom. The molecule has 1 aromatic carbocycles. The Bertz CT molecular complexity index is 729. The molecule has 0 bridgehead atoms.